The number of anilines is 1. The largest absolute Gasteiger partial charge is 0.460 e. The molecule has 6 rings (SSSR count). The lowest BCUT2D eigenvalue weighted by Gasteiger charge is -2.42. The van der Waals surface area contributed by atoms with Crippen molar-refractivity contribution in [3.63, 3.8) is 0 Å². The minimum Gasteiger partial charge on any atom is -0.460 e. The number of carbonyl (C=O) groups excluding carboxylic acids is 6. The zero-order chi connectivity index (χ0) is 65.5. The van der Waals surface area contributed by atoms with Crippen LogP contribution in [-0.2, 0) is 68.4 Å². The SMILES string of the molecule is CCCOCCOCCN1CCN(c2ncc(CNC(=O)O[C@@H]3CC[C@@H](C[C@@H](C)[C@@H]4CC(=O)[C@H](C)/C=C(\C)[C@@H](O)[C@@H](OC)C(=O)[C@H](C)C[C@H](C)/C=C/C=C/C=C(\C)[C@@H](OC)C[C@@H]5CC[C@@H](C)[C@@](O)(O5)C(=O)C(=O)N5CCCC[C@H]5C(=O)O4)C[C@H]3OC)cn2)CC1. The average Bonchev–Trinajstić information content (AvgIpc) is 0.927. The van der Waals surface area contributed by atoms with Gasteiger partial charge in [0.05, 0.1) is 38.1 Å². The van der Waals surface area contributed by atoms with Crippen molar-refractivity contribution in [1.82, 2.24) is 25.1 Å². The molecule has 0 spiro atoms. The van der Waals surface area contributed by atoms with E-state index >= 15 is 0 Å². The number of fused-ring (bicyclic) bond motifs is 3. The molecular weight excluding hydrogens is 1160 g/mol. The Morgan fingerprint density at radius 2 is 1.53 bits per heavy atom. The van der Waals surface area contributed by atoms with Gasteiger partial charge >= 0.3 is 12.1 Å². The number of allylic oxidation sites excluding steroid dienone is 6. The van der Waals surface area contributed by atoms with Gasteiger partial charge in [-0.25, -0.2) is 19.6 Å². The second kappa shape index (κ2) is 36.8. The van der Waals surface area contributed by atoms with Crippen LogP contribution in [0, 0.1) is 35.5 Å². The van der Waals surface area contributed by atoms with Crippen molar-refractivity contribution in [2.45, 2.75) is 200 Å². The standard InChI is InChI=1S/C68H106N6O16/c1-12-31-86-33-34-87-32-30-72-26-28-73(29-27-72)66-69-41-52(42-70-66)43-71-67(81)89-56-24-22-51(38-59(56)84-10)37-47(5)58-40-55(75)46(4)36-49(7)61(77)62(85-11)60(76)48(6)35-44(2)18-14-13-15-19-45(3)57(83-9)39-53-23-21-50(8)68(82,90-53)63(78)64(79)74-25-17-16-20-54(74)65(80)88-58/h13-15,18-19,36,41-42,44,46-48,50-51,53-54,56-59,61-62,77,82H,12,16-17,20-35,37-40,43H2,1-11H3,(H,71,81)/b15-13+,18-14+,45-19+,49-36+/t44-,46-,47-,48-,50-,51+,53+,54+,56-,57+,58+,59-,61-,62+,68-/m1/s1. The molecule has 0 radical (unpaired) electrons. The monoisotopic (exact) mass is 1260 g/mol. The van der Waals surface area contributed by atoms with Gasteiger partial charge in [-0.1, -0.05) is 78.0 Å². The molecule has 4 aliphatic heterocycles. The number of hydrogen-bond donors (Lipinski definition) is 3. The fourth-order valence-corrected chi connectivity index (χ4v) is 13.0. The molecule has 5 aliphatic rings. The molecule has 504 valence electrons. The van der Waals surface area contributed by atoms with Gasteiger partial charge in [-0.05, 0) is 113 Å². The molecule has 0 aromatic carbocycles. The summed E-state index contributed by atoms with van der Waals surface area (Å²) >= 11 is 0. The number of aliphatic hydroxyl groups excluding tert-OH is 1. The van der Waals surface area contributed by atoms with Gasteiger partial charge in [0.1, 0.15) is 36.2 Å². The number of ether oxygens (including phenoxy) is 8. The number of cyclic esters (lactones) is 1. The van der Waals surface area contributed by atoms with Crippen molar-refractivity contribution < 1.29 is 76.9 Å². The second-order valence-corrected chi connectivity index (χ2v) is 25.8. The maximum atomic E-state index is 14.7. The lowest BCUT2D eigenvalue weighted by atomic mass is 9.78. The third kappa shape index (κ3) is 21.4. The number of methoxy groups -OCH3 is 3. The van der Waals surface area contributed by atoms with Crippen molar-refractivity contribution in [3.05, 3.63) is 65.6 Å². The molecule has 3 saturated heterocycles. The molecule has 2 amide bonds. The Morgan fingerprint density at radius 3 is 2.22 bits per heavy atom. The minimum atomic E-state index is -2.47. The predicted octanol–water partition coefficient (Wildman–Crippen LogP) is 7.47. The first-order chi connectivity index (χ1) is 43.1. The molecule has 3 N–H and O–H groups in total. The molecule has 4 fully saturated rings. The number of alkyl carbamates (subject to hydrolysis) is 1. The molecule has 5 heterocycles. The molecule has 0 unspecified atom stereocenters. The molecule has 2 bridgehead atoms. The second-order valence-electron chi connectivity index (χ2n) is 25.8. The summed E-state index contributed by atoms with van der Waals surface area (Å²) in [5.41, 5.74) is 1.94. The quantitative estimate of drug-likeness (QED) is 0.0557. The Labute approximate surface area is 534 Å². The van der Waals surface area contributed by atoms with E-state index in [2.05, 4.69) is 32.0 Å². The number of nitrogens with one attached hydrogen (secondary N) is 1. The summed E-state index contributed by atoms with van der Waals surface area (Å²) in [7, 11) is 4.52. The van der Waals surface area contributed by atoms with Crippen LogP contribution in [0.15, 0.2) is 60.0 Å². The summed E-state index contributed by atoms with van der Waals surface area (Å²) in [6.07, 6.45) is 14.1. The summed E-state index contributed by atoms with van der Waals surface area (Å²) in [6.45, 7) is 21.7. The van der Waals surface area contributed by atoms with Gasteiger partial charge in [0.25, 0.3) is 11.7 Å². The van der Waals surface area contributed by atoms with Crippen molar-refractivity contribution in [3.8, 4) is 0 Å². The molecule has 15 atom stereocenters. The first-order valence-electron chi connectivity index (χ1n) is 33.0. The zero-order valence-corrected chi connectivity index (χ0v) is 55.5. The van der Waals surface area contributed by atoms with Crippen LogP contribution in [0.2, 0.25) is 0 Å². The normalized spacial score (nSPS) is 33.6. The van der Waals surface area contributed by atoms with Gasteiger partial charge in [-0.2, -0.15) is 0 Å². The number of Topliss-reactive ketones (excluding diaryl/α,β-unsaturated/α-hetero) is 3. The van der Waals surface area contributed by atoms with Crippen LogP contribution in [0.1, 0.15) is 144 Å². The van der Waals surface area contributed by atoms with E-state index in [9.17, 15) is 39.0 Å². The number of piperazine rings is 1. The Morgan fingerprint density at radius 1 is 0.811 bits per heavy atom. The fraction of sp³-hybridized carbons (Fsp3) is 0.735. The number of piperidine rings is 1. The highest BCUT2D eigenvalue weighted by atomic mass is 16.6. The van der Waals surface area contributed by atoms with Crippen LogP contribution in [0.25, 0.3) is 0 Å². The van der Waals surface area contributed by atoms with Crippen LogP contribution >= 0.6 is 0 Å². The average molecular weight is 1260 g/mol. The van der Waals surface area contributed by atoms with Gasteiger partial charge in [0, 0.05) is 122 Å². The summed E-state index contributed by atoms with van der Waals surface area (Å²) in [6, 6.07) is -1.20. The summed E-state index contributed by atoms with van der Waals surface area (Å²) < 4.78 is 47.2. The number of aromatic nitrogens is 2. The van der Waals surface area contributed by atoms with E-state index in [4.69, 9.17) is 37.9 Å². The highest BCUT2D eigenvalue weighted by Gasteiger charge is 2.53. The fourth-order valence-electron chi connectivity index (χ4n) is 13.0. The van der Waals surface area contributed by atoms with Crippen molar-refractivity contribution in [2.75, 3.05) is 91.9 Å². The van der Waals surface area contributed by atoms with Gasteiger partial charge in [-0.3, -0.25) is 24.1 Å². The van der Waals surface area contributed by atoms with Crippen LogP contribution in [0.4, 0.5) is 10.7 Å². The van der Waals surface area contributed by atoms with Crippen LogP contribution in [0.3, 0.4) is 0 Å². The third-order valence-electron chi connectivity index (χ3n) is 18.8. The Hall–Kier alpha value is -5.30. The molecule has 22 heteroatoms. The maximum absolute atomic E-state index is 14.7. The lowest BCUT2D eigenvalue weighted by Crippen LogP contribution is -2.61. The third-order valence-corrected chi connectivity index (χ3v) is 18.8. The summed E-state index contributed by atoms with van der Waals surface area (Å²) in [4.78, 5) is 100. The Kier molecular flexibility index (Phi) is 30.2. The Bertz CT molecular complexity index is 2590. The highest BCUT2D eigenvalue weighted by molar-refractivity contribution is 6.39. The van der Waals surface area contributed by atoms with E-state index in [0.29, 0.717) is 101 Å². The van der Waals surface area contributed by atoms with Crippen LogP contribution in [-0.4, -0.2) is 207 Å². The number of carbonyl (C=O) groups is 6. The number of hydrogen-bond acceptors (Lipinski definition) is 20. The van der Waals surface area contributed by atoms with Gasteiger partial charge in [-0.15, -0.1) is 0 Å². The number of ketones is 3. The van der Waals surface area contributed by atoms with Crippen LogP contribution in [0.5, 0.6) is 0 Å². The molecule has 1 aromatic rings. The molecule has 1 saturated carbocycles. The van der Waals surface area contributed by atoms with Crippen LogP contribution < -0.4 is 10.2 Å². The first-order valence-corrected chi connectivity index (χ1v) is 33.0. The molecule has 22 nitrogen and oxygen atoms in total. The van der Waals surface area contributed by atoms with E-state index < -0.39 is 102 Å². The van der Waals surface area contributed by atoms with E-state index in [1.165, 1.54) is 12.0 Å². The van der Waals surface area contributed by atoms with E-state index in [1.807, 2.05) is 58.1 Å². The maximum Gasteiger partial charge on any atom is 0.407 e. The number of aliphatic hydroxyl groups is 2. The molecule has 90 heavy (non-hydrogen) atoms. The Balaban J connectivity index is 1.13. The number of amides is 2. The number of nitrogens with zero attached hydrogens (tertiary/aromatic N) is 5. The van der Waals surface area contributed by atoms with E-state index in [1.54, 1.807) is 53.5 Å². The first kappa shape index (κ1) is 73.7. The molecule has 1 aliphatic carbocycles. The van der Waals surface area contributed by atoms with Crippen molar-refractivity contribution in [2.24, 2.45) is 35.5 Å². The van der Waals surface area contributed by atoms with Gasteiger partial charge < -0.3 is 63.2 Å². The van der Waals surface area contributed by atoms with Gasteiger partial charge in [0.2, 0.25) is 11.7 Å². The van der Waals surface area contributed by atoms with Crippen molar-refractivity contribution >= 4 is 41.3 Å². The highest BCUT2D eigenvalue weighted by Crippen LogP contribution is 2.38. The zero-order valence-electron chi connectivity index (χ0n) is 55.5. The topological polar surface area (TPSA) is 264 Å². The number of esters is 1. The summed E-state index contributed by atoms with van der Waals surface area (Å²) in [5, 5.41) is 26.6. The molecular formula is C68H106N6O16. The van der Waals surface area contributed by atoms with E-state index in [0.717, 1.165) is 51.3 Å². The predicted molar refractivity (Wildman–Crippen MR) is 339 cm³/mol. The van der Waals surface area contributed by atoms with Gasteiger partial charge in [0.15, 0.2) is 5.78 Å². The molecule has 1 aromatic heterocycles. The summed E-state index contributed by atoms with van der Waals surface area (Å²) in [5.74, 6) is -7.87. The minimum absolute atomic E-state index is 0.00664. The van der Waals surface area contributed by atoms with Crippen molar-refractivity contribution in [1.29, 1.82) is 0 Å². The smallest absolute Gasteiger partial charge is 0.407 e. The number of rotatable bonds is 18. The lowest BCUT2D eigenvalue weighted by molar-refractivity contribution is -0.265. The van der Waals surface area contributed by atoms with E-state index in [-0.39, 0.29) is 49.3 Å².